The van der Waals surface area contributed by atoms with Crippen LogP contribution in [0.3, 0.4) is 0 Å². The van der Waals surface area contributed by atoms with Gasteiger partial charge in [-0.2, -0.15) is 0 Å². The second-order valence-electron chi connectivity index (χ2n) is 5.58. The normalized spacial score (nSPS) is 22.9. The fourth-order valence-corrected chi connectivity index (χ4v) is 3.16. The molecular formula is C15H17ClN4O6. The Kier molecular flexibility index (Phi) is 5.93. The van der Waals surface area contributed by atoms with Crippen molar-refractivity contribution in [1.29, 1.82) is 0 Å². The molecule has 2 rings (SSSR count). The van der Waals surface area contributed by atoms with Gasteiger partial charge in [-0.1, -0.05) is 23.7 Å². The first-order valence-electron chi connectivity index (χ1n) is 7.57. The number of nitrogens with one attached hydrogen (secondary N) is 1. The summed E-state index contributed by atoms with van der Waals surface area (Å²) < 4.78 is 0. The molecule has 10 nitrogen and oxygen atoms in total. The average molecular weight is 385 g/mol. The third-order valence-corrected chi connectivity index (χ3v) is 4.32. The summed E-state index contributed by atoms with van der Waals surface area (Å²) >= 11 is 6.03. The number of para-hydroxylation sites is 1. The lowest BCUT2D eigenvalue weighted by molar-refractivity contribution is -0.438. The van der Waals surface area contributed by atoms with Gasteiger partial charge in [0.25, 0.3) is 11.4 Å². The van der Waals surface area contributed by atoms with Crippen LogP contribution in [0.5, 0.6) is 0 Å². The van der Waals surface area contributed by atoms with Crippen LogP contribution in [0.4, 0.5) is 5.69 Å². The number of hydrogen-bond acceptors (Lipinski definition) is 8. The van der Waals surface area contributed by atoms with E-state index in [0.717, 1.165) is 6.08 Å². The molecule has 5 N–H and O–H groups in total. The molecule has 0 aromatic heterocycles. The van der Waals surface area contributed by atoms with Crippen LogP contribution in [-0.2, 0) is 5.54 Å². The molecule has 0 saturated carbocycles. The molecule has 0 amide bonds. The van der Waals surface area contributed by atoms with E-state index in [1.165, 1.54) is 24.3 Å². The molecule has 1 aromatic carbocycles. The van der Waals surface area contributed by atoms with Gasteiger partial charge in [0, 0.05) is 12.7 Å². The smallest absolute Gasteiger partial charge is 0.296 e. The monoisotopic (exact) mass is 384 g/mol. The van der Waals surface area contributed by atoms with Gasteiger partial charge in [-0.25, -0.2) is 0 Å². The highest BCUT2D eigenvalue weighted by molar-refractivity contribution is 6.30. The number of hydrogen-bond donors (Lipinski definition) is 4. The molecule has 0 fully saturated rings. The van der Waals surface area contributed by atoms with Gasteiger partial charge < -0.3 is 15.9 Å². The van der Waals surface area contributed by atoms with Crippen LogP contribution in [0.25, 0.3) is 0 Å². The molecule has 26 heavy (non-hydrogen) atoms. The van der Waals surface area contributed by atoms with Crippen molar-refractivity contribution in [3.63, 3.8) is 0 Å². The van der Waals surface area contributed by atoms with Gasteiger partial charge in [-0.05, 0) is 25.1 Å². The zero-order valence-corrected chi connectivity index (χ0v) is 14.2. The molecule has 140 valence electrons. The molecule has 2 unspecified atom stereocenters. The highest BCUT2D eigenvalue weighted by Crippen LogP contribution is 2.43. The maximum absolute atomic E-state index is 11.7. The van der Waals surface area contributed by atoms with Crippen molar-refractivity contribution in [1.82, 2.24) is 5.32 Å². The number of nitrogens with two attached hydrogens (primary N) is 1. The molecule has 1 aliphatic rings. The van der Waals surface area contributed by atoms with E-state index in [1.807, 2.05) is 0 Å². The summed E-state index contributed by atoms with van der Waals surface area (Å²) in [7, 11) is 0. The fraction of sp³-hybridized carbons (Fsp3) is 0.333. The van der Waals surface area contributed by atoms with Gasteiger partial charge in [0.15, 0.2) is 5.54 Å². The number of benzene rings is 1. The second-order valence-corrected chi connectivity index (χ2v) is 6.02. The van der Waals surface area contributed by atoms with Gasteiger partial charge in [0.1, 0.15) is 11.8 Å². The fourth-order valence-electron chi connectivity index (χ4n) is 2.88. The predicted molar refractivity (Wildman–Crippen MR) is 92.6 cm³/mol. The molecule has 0 aliphatic heterocycles. The van der Waals surface area contributed by atoms with Crippen LogP contribution in [-0.4, -0.2) is 39.3 Å². The van der Waals surface area contributed by atoms with Crippen LogP contribution in [0.15, 0.2) is 46.8 Å². The van der Waals surface area contributed by atoms with Crippen molar-refractivity contribution in [2.75, 3.05) is 13.2 Å². The van der Waals surface area contributed by atoms with E-state index in [0.29, 0.717) is 0 Å². The SMILES string of the molecule is NC1=C([N+](=O)[O-])C(NCCCO)(c2ccccc2[N+](=O)[O-])C=C(Cl)C1O. The highest BCUT2D eigenvalue weighted by Gasteiger charge is 2.52. The summed E-state index contributed by atoms with van der Waals surface area (Å²) in [6, 6.07) is 5.45. The number of rotatable bonds is 7. The van der Waals surface area contributed by atoms with E-state index in [9.17, 15) is 25.3 Å². The molecule has 1 aromatic rings. The molecule has 2 atom stereocenters. The van der Waals surface area contributed by atoms with Crippen molar-refractivity contribution in [2.45, 2.75) is 18.1 Å². The Morgan fingerprint density at radius 3 is 2.50 bits per heavy atom. The topological polar surface area (TPSA) is 165 Å². The van der Waals surface area contributed by atoms with E-state index in [2.05, 4.69) is 5.32 Å². The number of halogens is 1. The van der Waals surface area contributed by atoms with E-state index < -0.39 is 32.9 Å². The van der Waals surface area contributed by atoms with Crippen LogP contribution in [0.2, 0.25) is 0 Å². The van der Waals surface area contributed by atoms with Gasteiger partial charge in [0.2, 0.25) is 0 Å². The minimum absolute atomic E-state index is 0.0531. The zero-order valence-electron chi connectivity index (χ0n) is 13.5. The van der Waals surface area contributed by atoms with Crippen molar-refractivity contribution >= 4 is 17.3 Å². The van der Waals surface area contributed by atoms with Gasteiger partial charge in [-0.15, -0.1) is 0 Å². The Morgan fingerprint density at radius 2 is 1.92 bits per heavy atom. The standard InChI is InChI=1S/C15H17ClN4O6/c16-10-8-15(18-6-3-7-21,14(20(25)26)12(17)13(10)22)9-4-1-2-5-11(9)19(23)24/h1-2,4-5,8,13,18,21-22H,3,6-7,17H2. The average Bonchev–Trinajstić information content (AvgIpc) is 2.59. The summed E-state index contributed by atoms with van der Waals surface area (Å²) in [5, 5.41) is 44.9. The Labute approximate surface area is 152 Å². The molecule has 11 heteroatoms. The van der Waals surface area contributed by atoms with Crippen molar-refractivity contribution in [3.05, 3.63) is 72.6 Å². The molecule has 0 bridgehead atoms. The molecule has 0 spiro atoms. The summed E-state index contributed by atoms with van der Waals surface area (Å²) in [5.41, 5.74) is 2.31. The molecular weight excluding hydrogens is 368 g/mol. The molecule has 1 aliphatic carbocycles. The van der Waals surface area contributed by atoms with Gasteiger partial charge in [0.05, 0.1) is 20.4 Å². The minimum Gasteiger partial charge on any atom is -0.396 e. The zero-order chi connectivity index (χ0) is 19.5. The largest absolute Gasteiger partial charge is 0.396 e. The van der Waals surface area contributed by atoms with Gasteiger partial charge >= 0.3 is 0 Å². The summed E-state index contributed by atoms with van der Waals surface area (Å²) in [6.45, 7) is -0.128. The number of aliphatic hydroxyl groups is 2. The Bertz CT molecular complexity index is 796. The highest BCUT2D eigenvalue weighted by atomic mass is 35.5. The summed E-state index contributed by atoms with van der Waals surface area (Å²) in [6.07, 6.45) is -0.220. The molecule has 0 heterocycles. The van der Waals surface area contributed by atoms with Crippen molar-refractivity contribution < 1.29 is 20.1 Å². The third kappa shape index (κ3) is 3.40. The lowest BCUT2D eigenvalue weighted by atomic mass is 9.80. The third-order valence-electron chi connectivity index (χ3n) is 4.00. The number of nitrogens with zero attached hydrogens (tertiary/aromatic N) is 2. The van der Waals surface area contributed by atoms with Crippen LogP contribution >= 0.6 is 11.6 Å². The lowest BCUT2D eigenvalue weighted by Crippen LogP contribution is -2.50. The Balaban J connectivity index is 2.81. The van der Waals surface area contributed by atoms with Crippen LogP contribution in [0, 0.1) is 20.2 Å². The lowest BCUT2D eigenvalue weighted by Gasteiger charge is -2.34. The van der Waals surface area contributed by atoms with E-state index in [1.54, 1.807) is 0 Å². The summed E-state index contributed by atoms with van der Waals surface area (Å²) in [4.78, 5) is 21.7. The maximum atomic E-state index is 11.7. The quantitative estimate of drug-likeness (QED) is 0.303. The predicted octanol–water partition coefficient (Wildman–Crippen LogP) is 0.706. The van der Waals surface area contributed by atoms with Crippen molar-refractivity contribution in [2.24, 2.45) is 5.73 Å². The van der Waals surface area contributed by atoms with Crippen LogP contribution < -0.4 is 11.1 Å². The second kappa shape index (κ2) is 7.79. The Hall–Kier alpha value is -2.53. The van der Waals surface area contributed by atoms with Crippen molar-refractivity contribution in [3.8, 4) is 0 Å². The van der Waals surface area contributed by atoms with E-state index in [4.69, 9.17) is 22.4 Å². The number of nitro benzene ring substituents is 1. The maximum Gasteiger partial charge on any atom is 0.296 e. The first-order chi connectivity index (χ1) is 12.3. The minimum atomic E-state index is -1.84. The van der Waals surface area contributed by atoms with Gasteiger partial charge in [-0.3, -0.25) is 25.5 Å². The number of aliphatic hydroxyl groups excluding tert-OH is 2. The van der Waals surface area contributed by atoms with Crippen LogP contribution in [0.1, 0.15) is 12.0 Å². The first kappa shape index (κ1) is 19.8. The number of nitro groups is 2. The molecule has 0 saturated heterocycles. The van der Waals surface area contributed by atoms with E-state index in [-0.39, 0.29) is 35.9 Å². The summed E-state index contributed by atoms with van der Waals surface area (Å²) in [5.74, 6) is 0. The Morgan fingerprint density at radius 1 is 1.27 bits per heavy atom. The first-order valence-corrected chi connectivity index (χ1v) is 7.94. The van der Waals surface area contributed by atoms with E-state index >= 15 is 0 Å². The molecule has 0 radical (unpaired) electrons.